The van der Waals surface area contributed by atoms with E-state index in [1.165, 1.54) is 16.3 Å². The van der Waals surface area contributed by atoms with Crippen molar-refractivity contribution in [1.29, 1.82) is 0 Å². The van der Waals surface area contributed by atoms with Gasteiger partial charge >= 0.3 is 0 Å². The molecule has 192 valence electrons. The van der Waals surface area contributed by atoms with Crippen LogP contribution in [0.25, 0.3) is 10.8 Å². The molecule has 3 aromatic carbocycles. The van der Waals surface area contributed by atoms with Gasteiger partial charge in [-0.15, -0.1) is 0 Å². The number of nitrogens with two attached hydrogens (primary N) is 2. The van der Waals surface area contributed by atoms with E-state index < -0.39 is 0 Å². The smallest absolute Gasteiger partial charge is 0.141 e. The Bertz CT molecular complexity index is 1180. The molecule has 0 amide bonds. The Kier molecular flexibility index (Phi) is 11.2. The number of halogens is 2. The number of hydrogen-bond donors (Lipinski definition) is 4. The predicted molar refractivity (Wildman–Crippen MR) is 151 cm³/mol. The van der Waals surface area contributed by atoms with Crippen LogP contribution in [0.5, 0.6) is 0 Å². The van der Waals surface area contributed by atoms with Crippen LogP contribution in [0.1, 0.15) is 17.5 Å². The van der Waals surface area contributed by atoms with Crippen LogP contribution in [-0.4, -0.2) is 50.5 Å². The third kappa shape index (κ3) is 7.53. The van der Waals surface area contributed by atoms with Crippen molar-refractivity contribution in [2.45, 2.75) is 25.6 Å². The lowest BCUT2D eigenvalue weighted by atomic mass is 9.98. The van der Waals surface area contributed by atoms with Crippen LogP contribution in [0.2, 0.25) is 10.0 Å². The number of carbonyl (C=O) groups excluding carboxylic acids is 1. The second-order valence-electron chi connectivity index (χ2n) is 8.67. The van der Waals surface area contributed by atoms with E-state index in [2.05, 4.69) is 39.8 Å². The summed E-state index contributed by atoms with van der Waals surface area (Å²) in [5, 5.41) is 10.1. The summed E-state index contributed by atoms with van der Waals surface area (Å²) in [7, 11) is 1.80. The van der Waals surface area contributed by atoms with E-state index in [1.807, 2.05) is 36.4 Å². The Morgan fingerprint density at radius 2 is 1.83 bits per heavy atom. The second-order valence-corrected chi connectivity index (χ2v) is 9.49. The van der Waals surface area contributed by atoms with Gasteiger partial charge in [0, 0.05) is 45.0 Å². The van der Waals surface area contributed by atoms with Gasteiger partial charge in [-0.3, -0.25) is 4.90 Å². The molecule has 0 aliphatic carbocycles. The zero-order chi connectivity index (χ0) is 25.9. The molecule has 0 bridgehead atoms. The van der Waals surface area contributed by atoms with Crippen molar-refractivity contribution < 1.29 is 4.79 Å². The Morgan fingerprint density at radius 1 is 1.06 bits per heavy atom. The van der Waals surface area contributed by atoms with Gasteiger partial charge in [-0.1, -0.05) is 71.7 Å². The van der Waals surface area contributed by atoms with E-state index in [1.54, 1.807) is 7.05 Å². The molecule has 1 unspecified atom stereocenters. The zero-order valence-electron chi connectivity index (χ0n) is 20.6. The summed E-state index contributed by atoms with van der Waals surface area (Å²) in [5.41, 5.74) is 15.7. The lowest BCUT2D eigenvalue weighted by Crippen LogP contribution is -2.43. The number of nitrogens with one attached hydrogen (secondary N) is 2. The van der Waals surface area contributed by atoms with Crippen LogP contribution < -0.4 is 22.1 Å². The highest BCUT2D eigenvalue weighted by Crippen LogP contribution is 2.25. The number of nitrogens with zero attached hydrogens (tertiary/aromatic N) is 1. The maximum absolute atomic E-state index is 11.4. The molecule has 6 nitrogen and oxygen atoms in total. The standard InChI is InChI=1S/C17H24Cl2N4O.C11H11N/c1-21-17(11-24)13-10-23(7-4-16(13)22-6-5-20)9-12-2-3-14(18)15(19)8-12;12-8-10-6-3-5-9-4-1-2-7-11(9)10/h2-3,8,11,17,21-22H,4-7,9-10,20H2,1H3;1-7H,8,12H2. The summed E-state index contributed by atoms with van der Waals surface area (Å²) >= 11 is 12.1. The number of hydrogen-bond acceptors (Lipinski definition) is 6. The molecule has 0 saturated carbocycles. The van der Waals surface area contributed by atoms with E-state index in [9.17, 15) is 4.79 Å². The fourth-order valence-electron chi connectivity index (χ4n) is 4.38. The highest BCUT2D eigenvalue weighted by molar-refractivity contribution is 6.42. The number of carbonyl (C=O) groups is 1. The normalized spacial score (nSPS) is 14.8. The van der Waals surface area contributed by atoms with Crippen molar-refractivity contribution in [1.82, 2.24) is 15.5 Å². The van der Waals surface area contributed by atoms with Gasteiger partial charge in [0.25, 0.3) is 0 Å². The second kappa shape index (κ2) is 14.3. The van der Waals surface area contributed by atoms with Gasteiger partial charge in [0.1, 0.15) is 6.29 Å². The molecule has 6 N–H and O–H groups in total. The number of rotatable bonds is 9. The predicted octanol–water partition coefficient (Wildman–Crippen LogP) is 4.09. The average molecular weight is 529 g/mol. The highest BCUT2D eigenvalue weighted by Gasteiger charge is 2.24. The highest BCUT2D eigenvalue weighted by atomic mass is 35.5. The van der Waals surface area contributed by atoms with E-state index in [-0.39, 0.29) is 6.04 Å². The van der Waals surface area contributed by atoms with Gasteiger partial charge in [0.05, 0.1) is 16.1 Å². The minimum absolute atomic E-state index is 0.290. The Morgan fingerprint density at radius 3 is 2.53 bits per heavy atom. The lowest BCUT2D eigenvalue weighted by Gasteiger charge is -2.33. The van der Waals surface area contributed by atoms with Crippen molar-refractivity contribution in [3.05, 3.63) is 93.1 Å². The van der Waals surface area contributed by atoms with E-state index in [0.29, 0.717) is 29.7 Å². The molecule has 4 rings (SSSR count). The fraction of sp³-hybridized carbons (Fsp3) is 0.321. The lowest BCUT2D eigenvalue weighted by molar-refractivity contribution is -0.108. The van der Waals surface area contributed by atoms with Gasteiger partial charge in [0.2, 0.25) is 0 Å². The van der Waals surface area contributed by atoms with Gasteiger partial charge in [0.15, 0.2) is 0 Å². The van der Waals surface area contributed by atoms with E-state index in [4.69, 9.17) is 34.7 Å². The van der Waals surface area contributed by atoms with Gasteiger partial charge < -0.3 is 26.9 Å². The van der Waals surface area contributed by atoms with Crippen molar-refractivity contribution in [2.75, 3.05) is 33.2 Å². The molecule has 0 aromatic heterocycles. The molecule has 0 saturated heterocycles. The number of aldehydes is 1. The maximum Gasteiger partial charge on any atom is 0.141 e. The van der Waals surface area contributed by atoms with Gasteiger partial charge in [-0.05, 0) is 53.1 Å². The van der Waals surface area contributed by atoms with Gasteiger partial charge in [-0.25, -0.2) is 0 Å². The van der Waals surface area contributed by atoms with E-state index >= 15 is 0 Å². The first-order valence-corrected chi connectivity index (χ1v) is 12.9. The SMILES string of the molecule is CNC(C=O)C1=C(NCCN)CCN(Cc2ccc(Cl)c(Cl)c2)C1.NCc1cccc2ccccc12. The molecular formula is C28H35Cl2N5O. The van der Waals surface area contributed by atoms with Crippen LogP contribution >= 0.6 is 23.2 Å². The molecule has 3 aromatic rings. The van der Waals surface area contributed by atoms with Crippen LogP contribution in [-0.2, 0) is 17.9 Å². The first-order valence-electron chi connectivity index (χ1n) is 12.1. The first kappa shape index (κ1) is 28.1. The zero-order valence-corrected chi connectivity index (χ0v) is 22.2. The van der Waals surface area contributed by atoms with Crippen LogP contribution in [0, 0.1) is 0 Å². The maximum atomic E-state index is 11.4. The van der Waals surface area contributed by atoms with Crippen LogP contribution in [0.4, 0.5) is 0 Å². The summed E-state index contributed by atoms with van der Waals surface area (Å²) in [6, 6.07) is 19.9. The van der Waals surface area contributed by atoms with Crippen molar-refractivity contribution in [3.63, 3.8) is 0 Å². The molecule has 1 atom stereocenters. The van der Waals surface area contributed by atoms with Crippen LogP contribution in [0.15, 0.2) is 71.9 Å². The molecule has 1 aliphatic rings. The van der Waals surface area contributed by atoms with E-state index in [0.717, 1.165) is 49.2 Å². The monoisotopic (exact) mass is 527 g/mol. The third-order valence-electron chi connectivity index (χ3n) is 6.25. The Balaban J connectivity index is 0.000000249. The number of benzene rings is 3. The van der Waals surface area contributed by atoms with Crippen molar-refractivity contribution in [3.8, 4) is 0 Å². The summed E-state index contributed by atoms with van der Waals surface area (Å²) < 4.78 is 0. The fourth-order valence-corrected chi connectivity index (χ4v) is 4.70. The topological polar surface area (TPSA) is 96.4 Å². The molecule has 0 fully saturated rings. The first-order chi connectivity index (χ1) is 17.5. The summed E-state index contributed by atoms with van der Waals surface area (Å²) in [5.74, 6) is 0. The molecule has 8 heteroatoms. The third-order valence-corrected chi connectivity index (χ3v) is 6.99. The molecular weight excluding hydrogens is 493 g/mol. The minimum Gasteiger partial charge on any atom is -0.387 e. The average Bonchev–Trinajstić information content (AvgIpc) is 2.91. The summed E-state index contributed by atoms with van der Waals surface area (Å²) in [6.07, 6.45) is 1.81. The number of likely N-dealkylation sites (N-methyl/N-ethyl adjacent to an activating group) is 1. The minimum atomic E-state index is -0.290. The Labute approximate surface area is 223 Å². The molecule has 1 heterocycles. The molecule has 0 spiro atoms. The molecule has 0 radical (unpaired) electrons. The molecule has 36 heavy (non-hydrogen) atoms. The van der Waals surface area contributed by atoms with Crippen LogP contribution in [0.3, 0.4) is 0 Å². The van der Waals surface area contributed by atoms with Crippen molar-refractivity contribution in [2.24, 2.45) is 11.5 Å². The molecule has 1 aliphatic heterocycles. The summed E-state index contributed by atoms with van der Waals surface area (Å²) in [6.45, 7) is 4.28. The van der Waals surface area contributed by atoms with Crippen molar-refractivity contribution >= 4 is 40.3 Å². The quantitative estimate of drug-likeness (QED) is 0.313. The Hall–Kier alpha value is -2.45. The summed E-state index contributed by atoms with van der Waals surface area (Å²) in [4.78, 5) is 13.7. The largest absolute Gasteiger partial charge is 0.387 e. The number of fused-ring (bicyclic) bond motifs is 1. The van der Waals surface area contributed by atoms with Gasteiger partial charge in [-0.2, -0.15) is 0 Å².